The van der Waals surface area contributed by atoms with Gasteiger partial charge in [0.05, 0.1) is 13.2 Å². The number of hydrogen-bond acceptors (Lipinski definition) is 3. The van der Waals surface area contributed by atoms with Crippen LogP contribution in [0.2, 0.25) is 0 Å². The molecule has 0 aliphatic heterocycles. The molecule has 1 N–H and O–H groups in total. The maximum atomic E-state index is 5.19. The van der Waals surface area contributed by atoms with Crippen LogP contribution in [0.1, 0.15) is 28.3 Å². The van der Waals surface area contributed by atoms with Gasteiger partial charge in [-0.1, -0.05) is 19.1 Å². The second-order valence-corrected chi connectivity index (χ2v) is 5.35. The summed E-state index contributed by atoms with van der Waals surface area (Å²) in [6.07, 6.45) is 1.10. The molecule has 96 valence electrons. The second kappa shape index (κ2) is 6.03. The van der Waals surface area contributed by atoms with Crippen molar-refractivity contribution < 1.29 is 4.74 Å². The molecular formula is C15H19NOS. The van der Waals surface area contributed by atoms with E-state index in [4.69, 9.17) is 4.74 Å². The van der Waals surface area contributed by atoms with Crippen LogP contribution in [0, 0.1) is 0 Å². The summed E-state index contributed by atoms with van der Waals surface area (Å²) in [5.74, 6) is 0.897. The van der Waals surface area contributed by atoms with E-state index in [9.17, 15) is 0 Å². The lowest BCUT2D eigenvalue weighted by atomic mass is 10.1. The summed E-state index contributed by atoms with van der Waals surface area (Å²) in [4.78, 5) is 2.79. The average molecular weight is 261 g/mol. The molecule has 0 fully saturated rings. The quantitative estimate of drug-likeness (QED) is 0.887. The first-order valence-corrected chi connectivity index (χ1v) is 7.00. The first kappa shape index (κ1) is 13.1. The van der Waals surface area contributed by atoms with Gasteiger partial charge < -0.3 is 10.1 Å². The number of nitrogens with one attached hydrogen (secondary N) is 1. The van der Waals surface area contributed by atoms with Crippen LogP contribution in [0.25, 0.3) is 0 Å². The molecule has 1 atom stereocenters. The van der Waals surface area contributed by atoms with Gasteiger partial charge in [-0.15, -0.1) is 11.3 Å². The van der Waals surface area contributed by atoms with Gasteiger partial charge in [0.15, 0.2) is 0 Å². The number of aryl methyl sites for hydroxylation is 1. The van der Waals surface area contributed by atoms with Crippen LogP contribution in [-0.4, -0.2) is 14.2 Å². The zero-order chi connectivity index (χ0) is 13.0. The first-order chi connectivity index (χ1) is 8.78. The largest absolute Gasteiger partial charge is 0.497 e. The summed E-state index contributed by atoms with van der Waals surface area (Å²) < 4.78 is 5.19. The lowest BCUT2D eigenvalue weighted by Gasteiger charge is -2.15. The van der Waals surface area contributed by atoms with Gasteiger partial charge in [0.1, 0.15) is 5.75 Å². The topological polar surface area (TPSA) is 21.3 Å². The summed E-state index contributed by atoms with van der Waals surface area (Å²) in [6, 6.07) is 12.9. The van der Waals surface area contributed by atoms with Gasteiger partial charge in [0.2, 0.25) is 0 Å². The fraction of sp³-hybridized carbons (Fsp3) is 0.333. The minimum absolute atomic E-state index is 0.265. The molecule has 0 aliphatic rings. The second-order valence-electron chi connectivity index (χ2n) is 4.15. The Hall–Kier alpha value is -1.32. The Morgan fingerprint density at radius 2 is 1.89 bits per heavy atom. The molecule has 1 heterocycles. The first-order valence-electron chi connectivity index (χ1n) is 6.18. The molecule has 0 aliphatic carbocycles. The van der Waals surface area contributed by atoms with Crippen molar-refractivity contribution in [1.29, 1.82) is 0 Å². The number of benzene rings is 1. The molecule has 2 aromatic rings. The highest BCUT2D eigenvalue weighted by molar-refractivity contribution is 7.12. The van der Waals surface area contributed by atoms with Crippen molar-refractivity contribution in [3.63, 3.8) is 0 Å². The standard InChI is InChI=1S/C15H19NOS/c1-4-13-9-10-14(18-13)15(16-2)11-5-7-12(17-3)8-6-11/h5-10,15-16H,4H2,1-3H3. The van der Waals surface area contributed by atoms with Crippen LogP contribution in [0.15, 0.2) is 36.4 Å². The van der Waals surface area contributed by atoms with E-state index in [1.807, 2.05) is 30.5 Å². The van der Waals surface area contributed by atoms with E-state index in [1.165, 1.54) is 15.3 Å². The number of rotatable bonds is 5. The maximum Gasteiger partial charge on any atom is 0.118 e. The number of ether oxygens (including phenoxy) is 1. The van der Waals surface area contributed by atoms with E-state index in [0.717, 1.165) is 12.2 Å². The van der Waals surface area contributed by atoms with E-state index < -0.39 is 0 Å². The molecule has 1 aromatic carbocycles. The number of thiophene rings is 1. The van der Waals surface area contributed by atoms with Gasteiger partial charge in [-0.25, -0.2) is 0 Å². The fourth-order valence-electron chi connectivity index (χ4n) is 2.01. The molecule has 0 saturated carbocycles. The van der Waals surface area contributed by atoms with Crippen LogP contribution in [-0.2, 0) is 6.42 Å². The van der Waals surface area contributed by atoms with Crippen molar-refractivity contribution in [1.82, 2.24) is 5.32 Å². The van der Waals surface area contributed by atoms with Crippen LogP contribution in [0.5, 0.6) is 5.75 Å². The van der Waals surface area contributed by atoms with Gasteiger partial charge in [-0.3, -0.25) is 0 Å². The third kappa shape index (κ3) is 2.74. The minimum atomic E-state index is 0.265. The van der Waals surface area contributed by atoms with Gasteiger partial charge in [-0.05, 0) is 43.3 Å². The van der Waals surface area contributed by atoms with Gasteiger partial charge in [0.25, 0.3) is 0 Å². The minimum Gasteiger partial charge on any atom is -0.497 e. The lowest BCUT2D eigenvalue weighted by molar-refractivity contribution is 0.414. The molecule has 0 saturated heterocycles. The summed E-state index contributed by atoms with van der Waals surface area (Å²) in [7, 11) is 3.69. The molecule has 3 heteroatoms. The third-order valence-electron chi connectivity index (χ3n) is 3.05. The fourth-order valence-corrected chi connectivity index (χ4v) is 3.10. The maximum absolute atomic E-state index is 5.19. The zero-order valence-electron chi connectivity index (χ0n) is 11.1. The molecule has 1 aromatic heterocycles. The van der Waals surface area contributed by atoms with E-state index in [0.29, 0.717) is 0 Å². The summed E-state index contributed by atoms with van der Waals surface area (Å²) in [5.41, 5.74) is 1.27. The molecule has 0 radical (unpaired) electrons. The van der Waals surface area contributed by atoms with Crippen LogP contribution >= 0.6 is 11.3 Å². The van der Waals surface area contributed by atoms with Crippen molar-refractivity contribution in [3.05, 3.63) is 51.7 Å². The van der Waals surface area contributed by atoms with Gasteiger partial charge >= 0.3 is 0 Å². The normalized spacial score (nSPS) is 12.4. The van der Waals surface area contributed by atoms with Crippen LogP contribution in [0.3, 0.4) is 0 Å². The highest BCUT2D eigenvalue weighted by Crippen LogP contribution is 2.29. The SMILES string of the molecule is CCc1ccc(C(NC)c2ccc(OC)cc2)s1. The Bertz CT molecular complexity index is 489. The number of methoxy groups -OCH3 is 1. The Kier molecular flexibility index (Phi) is 4.39. The van der Waals surface area contributed by atoms with Crippen LogP contribution in [0.4, 0.5) is 0 Å². The molecule has 0 spiro atoms. The Morgan fingerprint density at radius 3 is 2.39 bits per heavy atom. The molecule has 18 heavy (non-hydrogen) atoms. The van der Waals surface area contributed by atoms with Gasteiger partial charge in [-0.2, -0.15) is 0 Å². The highest BCUT2D eigenvalue weighted by Gasteiger charge is 2.13. The van der Waals surface area contributed by atoms with Crippen molar-refractivity contribution in [2.75, 3.05) is 14.2 Å². The van der Waals surface area contributed by atoms with Crippen molar-refractivity contribution >= 4 is 11.3 Å². The predicted octanol–water partition coefficient (Wildman–Crippen LogP) is 3.63. The van der Waals surface area contributed by atoms with E-state index in [2.05, 4.69) is 36.5 Å². The van der Waals surface area contributed by atoms with E-state index >= 15 is 0 Å². The molecule has 2 nitrogen and oxygen atoms in total. The molecule has 1 unspecified atom stereocenters. The Labute approximate surface area is 113 Å². The summed E-state index contributed by atoms with van der Waals surface area (Å²) >= 11 is 1.88. The molecule has 2 rings (SSSR count). The van der Waals surface area contributed by atoms with Crippen molar-refractivity contribution in [2.45, 2.75) is 19.4 Å². The van der Waals surface area contributed by atoms with Gasteiger partial charge in [0, 0.05) is 9.75 Å². The average Bonchev–Trinajstić information content (AvgIpc) is 2.89. The monoisotopic (exact) mass is 261 g/mol. The molecular weight excluding hydrogens is 242 g/mol. The highest BCUT2D eigenvalue weighted by atomic mass is 32.1. The van der Waals surface area contributed by atoms with Crippen molar-refractivity contribution in [2.24, 2.45) is 0 Å². The molecule has 0 amide bonds. The number of hydrogen-bond donors (Lipinski definition) is 1. The van der Waals surface area contributed by atoms with E-state index in [-0.39, 0.29) is 6.04 Å². The Morgan fingerprint density at radius 1 is 1.17 bits per heavy atom. The summed E-state index contributed by atoms with van der Waals surface area (Å²) in [6.45, 7) is 2.19. The van der Waals surface area contributed by atoms with Crippen molar-refractivity contribution in [3.8, 4) is 5.75 Å². The zero-order valence-corrected chi connectivity index (χ0v) is 11.9. The van der Waals surface area contributed by atoms with Crippen LogP contribution < -0.4 is 10.1 Å². The van der Waals surface area contributed by atoms with E-state index in [1.54, 1.807) is 7.11 Å². The smallest absolute Gasteiger partial charge is 0.118 e. The predicted molar refractivity (Wildman–Crippen MR) is 77.6 cm³/mol. The Balaban J connectivity index is 2.26. The molecule has 0 bridgehead atoms. The third-order valence-corrected chi connectivity index (χ3v) is 4.35. The lowest BCUT2D eigenvalue weighted by Crippen LogP contribution is -2.16. The summed E-state index contributed by atoms with van der Waals surface area (Å²) in [5, 5.41) is 3.38.